The van der Waals surface area contributed by atoms with Gasteiger partial charge in [0, 0.05) is 35.2 Å². The second-order valence-electron chi connectivity index (χ2n) is 8.96. The van der Waals surface area contributed by atoms with Crippen molar-refractivity contribution in [2.24, 2.45) is 0 Å². The lowest BCUT2D eigenvalue weighted by atomic mass is 10.00. The van der Waals surface area contributed by atoms with Gasteiger partial charge in [0.25, 0.3) is 0 Å². The van der Waals surface area contributed by atoms with E-state index < -0.39 is 0 Å². The van der Waals surface area contributed by atoms with E-state index in [0.717, 1.165) is 39.9 Å². The lowest BCUT2D eigenvalue weighted by Crippen LogP contribution is -2.10. The van der Waals surface area contributed by atoms with E-state index in [9.17, 15) is 0 Å². The lowest BCUT2D eigenvalue weighted by Gasteiger charge is -2.11. The molecule has 0 fully saturated rings. The van der Waals surface area contributed by atoms with Gasteiger partial charge in [-0.25, -0.2) is 0 Å². The SMILES string of the molecule is CN(C)Cc1cccc(-c2ccc3[nH]nc(-c4cc5c(-c6ccncc6)cccc5[nH]4)c3c2)c1. The molecule has 0 spiro atoms. The van der Waals surface area contributed by atoms with Gasteiger partial charge in [-0.3, -0.25) is 10.1 Å². The Bertz CT molecular complexity index is 1610. The highest BCUT2D eigenvalue weighted by Gasteiger charge is 2.14. The van der Waals surface area contributed by atoms with Gasteiger partial charge in [-0.1, -0.05) is 36.4 Å². The van der Waals surface area contributed by atoms with Crippen LogP contribution in [0.5, 0.6) is 0 Å². The molecule has 0 aliphatic rings. The van der Waals surface area contributed by atoms with E-state index in [2.05, 4.69) is 106 Å². The first-order valence-electron chi connectivity index (χ1n) is 11.4. The number of hydrogen-bond acceptors (Lipinski definition) is 3. The van der Waals surface area contributed by atoms with Gasteiger partial charge in [-0.15, -0.1) is 0 Å². The van der Waals surface area contributed by atoms with Crippen molar-refractivity contribution in [3.63, 3.8) is 0 Å². The number of aromatic nitrogens is 4. The van der Waals surface area contributed by atoms with Crippen LogP contribution >= 0.6 is 0 Å². The van der Waals surface area contributed by atoms with Crippen molar-refractivity contribution in [3.8, 4) is 33.6 Å². The van der Waals surface area contributed by atoms with E-state index in [-0.39, 0.29) is 0 Å². The first-order chi connectivity index (χ1) is 16.7. The molecule has 0 aliphatic carbocycles. The Morgan fingerprint density at radius 3 is 2.41 bits per heavy atom. The average molecular weight is 444 g/mol. The lowest BCUT2D eigenvalue weighted by molar-refractivity contribution is 0.402. The van der Waals surface area contributed by atoms with Crippen LogP contribution in [0.15, 0.2) is 91.3 Å². The van der Waals surface area contributed by atoms with Crippen molar-refractivity contribution < 1.29 is 0 Å². The third-order valence-electron chi connectivity index (χ3n) is 6.23. The zero-order valence-corrected chi connectivity index (χ0v) is 19.2. The van der Waals surface area contributed by atoms with Gasteiger partial charge in [0.2, 0.25) is 0 Å². The Morgan fingerprint density at radius 2 is 1.56 bits per heavy atom. The molecule has 0 saturated carbocycles. The summed E-state index contributed by atoms with van der Waals surface area (Å²) in [5.74, 6) is 0. The minimum absolute atomic E-state index is 0.919. The number of fused-ring (bicyclic) bond motifs is 2. The van der Waals surface area contributed by atoms with E-state index in [1.165, 1.54) is 27.6 Å². The normalized spacial score (nSPS) is 11.6. The van der Waals surface area contributed by atoms with Crippen LogP contribution < -0.4 is 0 Å². The number of hydrogen-bond donors (Lipinski definition) is 2. The molecule has 0 radical (unpaired) electrons. The summed E-state index contributed by atoms with van der Waals surface area (Å²) < 4.78 is 0. The van der Waals surface area contributed by atoms with Gasteiger partial charge in [0.1, 0.15) is 5.69 Å². The van der Waals surface area contributed by atoms with Crippen molar-refractivity contribution in [1.82, 2.24) is 25.1 Å². The summed E-state index contributed by atoms with van der Waals surface area (Å²) in [7, 11) is 4.19. The molecule has 3 heterocycles. The first-order valence-corrected chi connectivity index (χ1v) is 11.4. The van der Waals surface area contributed by atoms with Gasteiger partial charge in [0.05, 0.1) is 11.2 Å². The molecule has 0 atom stereocenters. The molecule has 0 saturated heterocycles. The van der Waals surface area contributed by atoms with Crippen LogP contribution in [0.2, 0.25) is 0 Å². The van der Waals surface area contributed by atoms with Gasteiger partial charge in [-0.2, -0.15) is 5.10 Å². The largest absolute Gasteiger partial charge is 0.353 e. The third kappa shape index (κ3) is 3.66. The molecule has 34 heavy (non-hydrogen) atoms. The highest BCUT2D eigenvalue weighted by atomic mass is 15.1. The predicted octanol–water partition coefficient (Wildman–Crippen LogP) is 6.50. The molecular formula is C29H25N5. The summed E-state index contributed by atoms with van der Waals surface area (Å²) in [4.78, 5) is 9.93. The summed E-state index contributed by atoms with van der Waals surface area (Å²) >= 11 is 0. The topological polar surface area (TPSA) is 60.6 Å². The summed E-state index contributed by atoms with van der Waals surface area (Å²) in [6.07, 6.45) is 3.66. The molecule has 6 rings (SSSR count). The zero-order chi connectivity index (χ0) is 23.1. The van der Waals surface area contributed by atoms with Crippen LogP contribution in [0, 0.1) is 0 Å². The fourth-order valence-electron chi connectivity index (χ4n) is 4.68. The van der Waals surface area contributed by atoms with Gasteiger partial charge in [0.15, 0.2) is 0 Å². The second-order valence-corrected chi connectivity index (χ2v) is 8.96. The molecule has 5 nitrogen and oxygen atoms in total. The van der Waals surface area contributed by atoms with Crippen LogP contribution in [0.1, 0.15) is 5.56 Å². The van der Waals surface area contributed by atoms with Crippen molar-refractivity contribution in [3.05, 3.63) is 96.8 Å². The van der Waals surface area contributed by atoms with Crippen LogP contribution in [-0.4, -0.2) is 39.2 Å². The van der Waals surface area contributed by atoms with Gasteiger partial charge >= 0.3 is 0 Å². The maximum atomic E-state index is 4.68. The molecule has 0 unspecified atom stereocenters. The molecule has 3 aromatic carbocycles. The highest BCUT2D eigenvalue weighted by molar-refractivity contribution is 6.01. The van der Waals surface area contributed by atoms with E-state index in [0.29, 0.717) is 0 Å². The average Bonchev–Trinajstić information content (AvgIpc) is 3.48. The molecule has 5 heteroatoms. The van der Waals surface area contributed by atoms with Gasteiger partial charge in [-0.05, 0) is 84.4 Å². The van der Waals surface area contributed by atoms with Crippen LogP contribution in [0.25, 0.3) is 55.4 Å². The molecule has 2 N–H and O–H groups in total. The maximum absolute atomic E-state index is 4.68. The number of H-pyrrole nitrogens is 2. The van der Waals surface area contributed by atoms with E-state index >= 15 is 0 Å². The minimum atomic E-state index is 0.919. The standard InChI is InChI=1S/C29H25N5/c1-34(2)18-19-5-3-6-21(15-19)22-9-10-27-25(16-22)29(33-32-27)28-17-24-23(7-4-8-26(24)31-28)20-11-13-30-14-12-20/h3-17,31H,18H2,1-2H3,(H,32,33). The molecule has 3 aromatic heterocycles. The van der Waals surface area contributed by atoms with Crippen molar-refractivity contribution in [2.45, 2.75) is 6.54 Å². The van der Waals surface area contributed by atoms with Gasteiger partial charge < -0.3 is 9.88 Å². The predicted molar refractivity (Wildman–Crippen MR) is 139 cm³/mol. The summed E-state index contributed by atoms with van der Waals surface area (Å²) in [6.45, 7) is 0.919. The minimum Gasteiger partial charge on any atom is -0.353 e. The summed E-state index contributed by atoms with van der Waals surface area (Å²) in [5, 5.41) is 10.2. The summed E-state index contributed by atoms with van der Waals surface area (Å²) in [6, 6.07) is 27.9. The monoisotopic (exact) mass is 443 g/mol. The fourth-order valence-corrected chi connectivity index (χ4v) is 4.68. The van der Waals surface area contributed by atoms with Crippen LogP contribution in [0.4, 0.5) is 0 Å². The zero-order valence-electron chi connectivity index (χ0n) is 19.2. The van der Waals surface area contributed by atoms with Crippen molar-refractivity contribution in [2.75, 3.05) is 14.1 Å². The van der Waals surface area contributed by atoms with E-state index in [1.54, 1.807) is 0 Å². The Balaban J connectivity index is 1.45. The molecule has 166 valence electrons. The van der Waals surface area contributed by atoms with Crippen LogP contribution in [-0.2, 0) is 6.54 Å². The van der Waals surface area contributed by atoms with Crippen molar-refractivity contribution >= 4 is 21.8 Å². The fraction of sp³-hybridized carbons (Fsp3) is 0.103. The third-order valence-corrected chi connectivity index (χ3v) is 6.23. The van der Waals surface area contributed by atoms with Crippen molar-refractivity contribution in [1.29, 1.82) is 0 Å². The Kier molecular flexibility index (Phi) is 4.97. The maximum Gasteiger partial charge on any atom is 0.116 e. The summed E-state index contributed by atoms with van der Waals surface area (Å²) in [5.41, 5.74) is 10.1. The number of pyridine rings is 1. The highest BCUT2D eigenvalue weighted by Crippen LogP contribution is 2.35. The van der Waals surface area contributed by atoms with E-state index in [1.807, 2.05) is 24.5 Å². The molecule has 0 bridgehead atoms. The molecule has 6 aromatic rings. The van der Waals surface area contributed by atoms with E-state index in [4.69, 9.17) is 0 Å². The molecule has 0 aliphatic heterocycles. The Hall–Kier alpha value is -4.22. The molecular weight excluding hydrogens is 418 g/mol. The second kappa shape index (κ2) is 8.28. The smallest absolute Gasteiger partial charge is 0.116 e. The number of rotatable bonds is 5. The van der Waals surface area contributed by atoms with Crippen LogP contribution in [0.3, 0.4) is 0 Å². The number of benzene rings is 3. The number of nitrogens with one attached hydrogen (secondary N) is 2. The first kappa shape index (κ1) is 20.4. The molecule has 0 amide bonds. The Morgan fingerprint density at radius 1 is 0.735 bits per heavy atom. The Labute approximate surface area is 198 Å². The quantitative estimate of drug-likeness (QED) is 0.320. The number of aromatic amines is 2. The number of nitrogens with zero attached hydrogens (tertiary/aromatic N) is 3.